The first kappa shape index (κ1) is 17.0. The molecule has 0 aliphatic heterocycles. The maximum Gasteiger partial charge on any atom is 0.154 e. The molecule has 4 nitrogen and oxygen atoms in total. The van der Waals surface area contributed by atoms with Crippen LogP contribution in [0.3, 0.4) is 0 Å². The zero-order valence-electron chi connectivity index (χ0n) is 12.7. The van der Waals surface area contributed by atoms with E-state index < -0.39 is 9.84 Å². The van der Waals surface area contributed by atoms with Crippen molar-refractivity contribution in [3.05, 3.63) is 29.3 Å². The summed E-state index contributed by atoms with van der Waals surface area (Å²) in [6.07, 6.45) is 0.678. The number of nitrogens with two attached hydrogens (primary N) is 1. The number of ether oxygens (including phenoxy) is 1. The summed E-state index contributed by atoms with van der Waals surface area (Å²) in [6, 6.07) is 5.36. The first-order valence-electron chi connectivity index (χ1n) is 6.88. The highest BCUT2D eigenvalue weighted by molar-refractivity contribution is 7.90. The minimum atomic E-state index is -3.13. The Bertz CT molecular complexity index is 536. The van der Waals surface area contributed by atoms with Gasteiger partial charge < -0.3 is 10.5 Å². The lowest BCUT2D eigenvalue weighted by atomic mass is 10.1. The zero-order chi connectivity index (χ0) is 15.3. The Morgan fingerprint density at radius 3 is 2.40 bits per heavy atom. The lowest BCUT2D eigenvalue weighted by Gasteiger charge is -2.13. The summed E-state index contributed by atoms with van der Waals surface area (Å²) in [6.45, 7) is 5.92. The van der Waals surface area contributed by atoms with Crippen LogP contribution in [0, 0.1) is 5.92 Å². The molecule has 0 aromatic heterocycles. The summed E-state index contributed by atoms with van der Waals surface area (Å²) < 4.78 is 29.6. The van der Waals surface area contributed by atoms with Crippen molar-refractivity contribution in [1.82, 2.24) is 0 Å². The van der Waals surface area contributed by atoms with Crippen LogP contribution < -0.4 is 10.5 Å². The molecule has 0 bridgehead atoms. The Hall–Kier alpha value is -1.07. The average molecular weight is 299 g/mol. The molecule has 0 saturated carbocycles. The number of methoxy groups -OCH3 is 1. The van der Waals surface area contributed by atoms with Crippen LogP contribution in [0.25, 0.3) is 0 Å². The van der Waals surface area contributed by atoms with Crippen molar-refractivity contribution >= 4 is 9.84 Å². The Morgan fingerprint density at radius 1 is 1.25 bits per heavy atom. The van der Waals surface area contributed by atoms with Gasteiger partial charge in [0.15, 0.2) is 9.84 Å². The van der Waals surface area contributed by atoms with Gasteiger partial charge in [0.2, 0.25) is 0 Å². The van der Waals surface area contributed by atoms with Gasteiger partial charge in [0.25, 0.3) is 0 Å². The van der Waals surface area contributed by atoms with E-state index in [0.717, 1.165) is 5.56 Å². The number of hydrogen-bond donors (Lipinski definition) is 1. The van der Waals surface area contributed by atoms with E-state index in [4.69, 9.17) is 10.5 Å². The van der Waals surface area contributed by atoms with Crippen molar-refractivity contribution in [1.29, 1.82) is 0 Å². The fourth-order valence-corrected chi connectivity index (χ4v) is 3.59. The van der Waals surface area contributed by atoms with E-state index in [0.29, 0.717) is 23.7 Å². The van der Waals surface area contributed by atoms with Crippen molar-refractivity contribution in [2.75, 3.05) is 12.9 Å². The Morgan fingerprint density at radius 2 is 1.90 bits per heavy atom. The number of hydrogen-bond acceptors (Lipinski definition) is 4. The topological polar surface area (TPSA) is 69.4 Å². The largest absolute Gasteiger partial charge is 0.496 e. The molecule has 1 unspecified atom stereocenters. The lowest BCUT2D eigenvalue weighted by molar-refractivity contribution is 0.410. The molecule has 0 amide bonds. The van der Waals surface area contributed by atoms with Gasteiger partial charge in [-0.05, 0) is 37.0 Å². The van der Waals surface area contributed by atoms with Gasteiger partial charge in [-0.1, -0.05) is 19.9 Å². The highest BCUT2D eigenvalue weighted by Crippen LogP contribution is 2.25. The van der Waals surface area contributed by atoms with Gasteiger partial charge in [-0.15, -0.1) is 0 Å². The molecular formula is C15H25NO3S. The molecule has 2 N–H and O–H groups in total. The van der Waals surface area contributed by atoms with Crippen LogP contribution in [-0.4, -0.2) is 21.3 Å². The first-order chi connectivity index (χ1) is 9.25. The number of benzene rings is 1. The SMILES string of the molecule is COc1ccc(C(C)N)cc1CS(=O)(=O)CCC(C)C. The van der Waals surface area contributed by atoms with Crippen LogP contribution in [0.15, 0.2) is 18.2 Å². The normalized spacial score (nSPS) is 13.5. The van der Waals surface area contributed by atoms with Crippen molar-refractivity contribution in [3.63, 3.8) is 0 Å². The zero-order valence-corrected chi connectivity index (χ0v) is 13.5. The van der Waals surface area contributed by atoms with Gasteiger partial charge in [-0.3, -0.25) is 0 Å². The van der Waals surface area contributed by atoms with Crippen molar-refractivity contribution in [2.24, 2.45) is 11.7 Å². The van der Waals surface area contributed by atoms with Crippen molar-refractivity contribution in [2.45, 2.75) is 39.0 Å². The minimum absolute atomic E-state index is 0.00343. The standard InChI is InChI=1S/C15H25NO3S/c1-11(2)7-8-20(17,18)10-14-9-13(12(3)16)5-6-15(14)19-4/h5-6,9,11-12H,7-8,10,16H2,1-4H3. The molecule has 1 aromatic carbocycles. The maximum atomic E-state index is 12.2. The van der Waals surface area contributed by atoms with Gasteiger partial charge in [-0.2, -0.15) is 0 Å². The van der Waals surface area contributed by atoms with E-state index in [2.05, 4.69) is 0 Å². The van der Waals surface area contributed by atoms with Gasteiger partial charge in [0.1, 0.15) is 5.75 Å². The molecule has 20 heavy (non-hydrogen) atoms. The number of rotatable bonds is 7. The Balaban J connectivity index is 2.97. The van der Waals surface area contributed by atoms with Crippen molar-refractivity contribution in [3.8, 4) is 5.75 Å². The summed E-state index contributed by atoms with van der Waals surface area (Å²) >= 11 is 0. The molecule has 0 spiro atoms. The second-order valence-electron chi connectivity index (χ2n) is 5.63. The summed E-state index contributed by atoms with van der Waals surface area (Å²) in [4.78, 5) is 0. The molecule has 1 aromatic rings. The van der Waals surface area contributed by atoms with Gasteiger partial charge in [0, 0.05) is 11.6 Å². The summed E-state index contributed by atoms with van der Waals surface area (Å²) in [5, 5.41) is 0. The van der Waals surface area contributed by atoms with Crippen LogP contribution in [-0.2, 0) is 15.6 Å². The molecule has 5 heteroatoms. The minimum Gasteiger partial charge on any atom is -0.496 e. The monoisotopic (exact) mass is 299 g/mol. The molecule has 1 rings (SSSR count). The Kier molecular flexibility index (Phi) is 6.02. The highest BCUT2D eigenvalue weighted by Gasteiger charge is 2.17. The van der Waals surface area contributed by atoms with E-state index in [1.165, 1.54) is 0 Å². The fourth-order valence-electron chi connectivity index (χ4n) is 1.92. The molecule has 0 radical (unpaired) electrons. The lowest BCUT2D eigenvalue weighted by Crippen LogP contribution is -2.13. The molecule has 0 aliphatic carbocycles. The Labute approximate surface area is 122 Å². The van der Waals surface area contributed by atoms with E-state index in [9.17, 15) is 8.42 Å². The summed E-state index contributed by atoms with van der Waals surface area (Å²) in [5.41, 5.74) is 7.45. The maximum absolute atomic E-state index is 12.2. The van der Waals surface area contributed by atoms with Crippen molar-refractivity contribution < 1.29 is 13.2 Å². The molecule has 0 aliphatic rings. The van der Waals surface area contributed by atoms with E-state index in [1.807, 2.05) is 32.9 Å². The van der Waals surface area contributed by atoms with Gasteiger partial charge in [-0.25, -0.2) is 8.42 Å². The van der Waals surface area contributed by atoms with E-state index in [1.54, 1.807) is 13.2 Å². The number of sulfone groups is 1. The third-order valence-corrected chi connectivity index (χ3v) is 4.82. The molecule has 114 valence electrons. The molecular weight excluding hydrogens is 274 g/mol. The first-order valence-corrected chi connectivity index (χ1v) is 8.70. The van der Waals surface area contributed by atoms with Crippen LogP contribution in [0.2, 0.25) is 0 Å². The second-order valence-corrected chi connectivity index (χ2v) is 7.82. The van der Waals surface area contributed by atoms with E-state index in [-0.39, 0.29) is 17.5 Å². The van der Waals surface area contributed by atoms with Gasteiger partial charge in [0.05, 0.1) is 18.6 Å². The van der Waals surface area contributed by atoms with Crippen LogP contribution in [0.1, 0.15) is 44.4 Å². The molecule has 0 fully saturated rings. The van der Waals surface area contributed by atoms with Crippen LogP contribution >= 0.6 is 0 Å². The molecule has 1 atom stereocenters. The predicted octanol–water partition coefficient (Wildman–Crippen LogP) is 2.68. The third-order valence-electron chi connectivity index (χ3n) is 3.21. The van der Waals surface area contributed by atoms with E-state index >= 15 is 0 Å². The quantitative estimate of drug-likeness (QED) is 0.840. The molecule has 0 saturated heterocycles. The van der Waals surface area contributed by atoms with Crippen LogP contribution in [0.5, 0.6) is 5.75 Å². The summed E-state index contributed by atoms with van der Waals surface area (Å²) in [5.74, 6) is 1.18. The highest BCUT2D eigenvalue weighted by atomic mass is 32.2. The average Bonchev–Trinajstić information content (AvgIpc) is 2.36. The smallest absolute Gasteiger partial charge is 0.154 e. The third kappa shape index (κ3) is 5.13. The van der Waals surface area contributed by atoms with Gasteiger partial charge >= 0.3 is 0 Å². The fraction of sp³-hybridized carbons (Fsp3) is 0.600. The summed E-state index contributed by atoms with van der Waals surface area (Å²) in [7, 11) is -1.58. The predicted molar refractivity (Wildman–Crippen MR) is 82.5 cm³/mol. The second kappa shape index (κ2) is 7.09. The molecule has 0 heterocycles. The van der Waals surface area contributed by atoms with Crippen LogP contribution in [0.4, 0.5) is 0 Å².